The zero-order valence-corrected chi connectivity index (χ0v) is 8.98. The highest BCUT2D eigenvalue weighted by molar-refractivity contribution is 6.25. The van der Waals surface area contributed by atoms with Gasteiger partial charge in [0.25, 0.3) is 5.91 Å². The van der Waals surface area contributed by atoms with E-state index in [0.29, 0.717) is 6.54 Å². The molecular weight excluding hydrogens is 194 g/mol. The van der Waals surface area contributed by atoms with E-state index in [4.69, 9.17) is 5.21 Å². The molecule has 86 valence electrons. The van der Waals surface area contributed by atoms with Gasteiger partial charge in [0.15, 0.2) is 0 Å². The quantitative estimate of drug-likeness (QED) is 0.404. The maximum atomic E-state index is 10.9. The Morgan fingerprint density at radius 2 is 2.00 bits per heavy atom. The van der Waals surface area contributed by atoms with Crippen LogP contribution in [0, 0.1) is 0 Å². The van der Waals surface area contributed by atoms with Gasteiger partial charge in [-0.15, -0.1) is 0 Å². The van der Waals surface area contributed by atoms with Gasteiger partial charge in [-0.05, 0) is 25.9 Å². The maximum Gasteiger partial charge on any atom is 0.265 e. The Labute approximate surface area is 90.1 Å². The fourth-order valence-corrected chi connectivity index (χ4v) is 1.80. The number of hydrogen-bond acceptors (Lipinski definition) is 4. The third kappa shape index (κ3) is 5.37. The molecule has 1 heterocycles. The van der Waals surface area contributed by atoms with E-state index in [1.54, 1.807) is 0 Å². The van der Waals surface area contributed by atoms with Crippen molar-refractivity contribution in [3.8, 4) is 0 Å². The summed E-state index contributed by atoms with van der Waals surface area (Å²) in [6.45, 7) is 3.75. The van der Waals surface area contributed by atoms with Crippen molar-refractivity contribution in [3.05, 3.63) is 0 Å². The van der Waals surface area contributed by atoms with Gasteiger partial charge < -0.3 is 15.4 Å². The van der Waals surface area contributed by atoms with Crippen LogP contribution in [0.4, 0.5) is 0 Å². The molecule has 0 saturated carbocycles. The van der Waals surface area contributed by atoms with Crippen LogP contribution in [0.2, 0.25) is 0 Å². The first-order chi connectivity index (χ1) is 7.33. The molecule has 0 aliphatic carbocycles. The third-order valence-corrected chi connectivity index (χ3v) is 2.60. The van der Waals surface area contributed by atoms with Crippen molar-refractivity contribution in [2.24, 2.45) is 5.16 Å². The molecule has 1 amide bonds. The van der Waals surface area contributed by atoms with Crippen molar-refractivity contribution in [1.29, 1.82) is 0 Å². The van der Waals surface area contributed by atoms with E-state index < -0.39 is 0 Å². The molecule has 1 fully saturated rings. The second-order valence-electron chi connectivity index (χ2n) is 3.79. The Balaban J connectivity index is 2.10. The van der Waals surface area contributed by atoms with E-state index in [-0.39, 0.29) is 5.91 Å². The fourth-order valence-electron chi connectivity index (χ4n) is 1.80. The highest BCUT2D eigenvalue weighted by Gasteiger charge is 2.08. The molecule has 0 aromatic rings. The standard InChI is InChI=1S/C10H19N3O2/c14-10(9-12-15)11-5-8-13-6-3-1-2-4-7-13/h9,15H,1-8H2,(H,11,14). The fraction of sp³-hybridized carbons (Fsp3) is 0.800. The molecule has 0 bridgehead atoms. The average molecular weight is 213 g/mol. The smallest absolute Gasteiger partial charge is 0.265 e. The number of amides is 1. The lowest BCUT2D eigenvalue weighted by Gasteiger charge is -2.19. The number of oxime groups is 1. The summed E-state index contributed by atoms with van der Waals surface area (Å²) in [4.78, 5) is 13.3. The summed E-state index contributed by atoms with van der Waals surface area (Å²) in [6.07, 6.45) is 6.03. The summed E-state index contributed by atoms with van der Waals surface area (Å²) in [5, 5.41) is 13.4. The largest absolute Gasteiger partial charge is 0.411 e. The van der Waals surface area contributed by atoms with Crippen LogP contribution in [-0.4, -0.2) is 48.4 Å². The Kier molecular flexibility index (Phi) is 5.77. The van der Waals surface area contributed by atoms with Gasteiger partial charge >= 0.3 is 0 Å². The van der Waals surface area contributed by atoms with E-state index in [1.807, 2.05) is 0 Å². The van der Waals surface area contributed by atoms with E-state index >= 15 is 0 Å². The van der Waals surface area contributed by atoms with Gasteiger partial charge in [0.05, 0.1) is 0 Å². The van der Waals surface area contributed by atoms with Crippen LogP contribution in [-0.2, 0) is 4.79 Å². The Morgan fingerprint density at radius 1 is 1.33 bits per heavy atom. The lowest BCUT2D eigenvalue weighted by atomic mass is 10.2. The van der Waals surface area contributed by atoms with Crippen LogP contribution in [0.3, 0.4) is 0 Å². The molecule has 0 radical (unpaired) electrons. The van der Waals surface area contributed by atoms with E-state index in [1.165, 1.54) is 25.7 Å². The summed E-state index contributed by atoms with van der Waals surface area (Å²) in [5.41, 5.74) is 0. The van der Waals surface area contributed by atoms with Crippen LogP contribution in [0.5, 0.6) is 0 Å². The van der Waals surface area contributed by atoms with Gasteiger partial charge in [-0.1, -0.05) is 18.0 Å². The van der Waals surface area contributed by atoms with Gasteiger partial charge in [0, 0.05) is 13.1 Å². The molecule has 5 nitrogen and oxygen atoms in total. The minimum Gasteiger partial charge on any atom is -0.411 e. The molecule has 0 spiro atoms. The Hall–Kier alpha value is -1.10. The normalized spacial score (nSPS) is 18.9. The van der Waals surface area contributed by atoms with Crippen molar-refractivity contribution >= 4 is 12.1 Å². The number of nitrogens with one attached hydrogen (secondary N) is 1. The lowest BCUT2D eigenvalue weighted by Crippen LogP contribution is -2.35. The first-order valence-electron chi connectivity index (χ1n) is 5.50. The second kappa shape index (κ2) is 7.23. The van der Waals surface area contributed by atoms with Crippen molar-refractivity contribution in [2.45, 2.75) is 25.7 Å². The molecule has 0 aromatic heterocycles. The van der Waals surface area contributed by atoms with Crippen molar-refractivity contribution in [2.75, 3.05) is 26.2 Å². The average Bonchev–Trinajstić information content (AvgIpc) is 2.47. The molecule has 0 atom stereocenters. The highest BCUT2D eigenvalue weighted by atomic mass is 16.4. The SMILES string of the molecule is O=C(C=NO)NCCN1CCCCCC1. The van der Waals surface area contributed by atoms with Gasteiger partial charge in [-0.25, -0.2) is 0 Å². The second-order valence-corrected chi connectivity index (χ2v) is 3.79. The van der Waals surface area contributed by atoms with Crippen LogP contribution >= 0.6 is 0 Å². The predicted octanol–water partition coefficient (Wildman–Crippen LogP) is 0.439. The van der Waals surface area contributed by atoms with Crippen LogP contribution < -0.4 is 5.32 Å². The van der Waals surface area contributed by atoms with Crippen molar-refractivity contribution in [1.82, 2.24) is 10.2 Å². The minimum atomic E-state index is -0.340. The molecule has 1 aliphatic heterocycles. The highest BCUT2D eigenvalue weighted by Crippen LogP contribution is 2.08. The minimum absolute atomic E-state index is 0.340. The summed E-state index contributed by atoms with van der Waals surface area (Å²) in [6, 6.07) is 0. The summed E-state index contributed by atoms with van der Waals surface area (Å²) < 4.78 is 0. The van der Waals surface area contributed by atoms with Crippen molar-refractivity contribution < 1.29 is 10.0 Å². The van der Waals surface area contributed by atoms with Crippen LogP contribution in [0.25, 0.3) is 0 Å². The molecule has 5 heteroatoms. The molecule has 1 rings (SSSR count). The molecule has 2 N–H and O–H groups in total. The Morgan fingerprint density at radius 3 is 2.60 bits per heavy atom. The van der Waals surface area contributed by atoms with E-state index in [2.05, 4.69) is 15.4 Å². The summed E-state index contributed by atoms with van der Waals surface area (Å²) in [7, 11) is 0. The lowest BCUT2D eigenvalue weighted by molar-refractivity contribution is -0.114. The monoisotopic (exact) mass is 213 g/mol. The van der Waals surface area contributed by atoms with Crippen LogP contribution in [0.15, 0.2) is 5.16 Å². The number of carbonyl (C=O) groups excluding carboxylic acids is 1. The van der Waals surface area contributed by atoms with Gasteiger partial charge in [-0.2, -0.15) is 0 Å². The topological polar surface area (TPSA) is 64.9 Å². The van der Waals surface area contributed by atoms with E-state index in [0.717, 1.165) is 25.8 Å². The van der Waals surface area contributed by atoms with Crippen LogP contribution in [0.1, 0.15) is 25.7 Å². The number of nitrogens with zero attached hydrogens (tertiary/aromatic N) is 2. The zero-order valence-electron chi connectivity index (χ0n) is 8.98. The number of carbonyl (C=O) groups is 1. The molecule has 1 aliphatic rings. The van der Waals surface area contributed by atoms with Gasteiger partial charge in [0.2, 0.25) is 0 Å². The summed E-state index contributed by atoms with van der Waals surface area (Å²) >= 11 is 0. The number of rotatable bonds is 4. The van der Waals surface area contributed by atoms with E-state index in [9.17, 15) is 4.79 Å². The molecule has 0 aromatic carbocycles. The van der Waals surface area contributed by atoms with Crippen molar-refractivity contribution in [3.63, 3.8) is 0 Å². The number of likely N-dealkylation sites (tertiary alicyclic amines) is 1. The zero-order chi connectivity index (χ0) is 10.9. The predicted molar refractivity (Wildman–Crippen MR) is 58.2 cm³/mol. The summed E-state index contributed by atoms with van der Waals surface area (Å²) in [5.74, 6) is -0.340. The van der Waals surface area contributed by atoms with Gasteiger partial charge in [0.1, 0.15) is 6.21 Å². The number of hydrogen-bond donors (Lipinski definition) is 2. The Bertz CT molecular complexity index is 211. The molecule has 15 heavy (non-hydrogen) atoms. The molecule has 1 saturated heterocycles. The third-order valence-electron chi connectivity index (χ3n) is 2.60. The maximum absolute atomic E-state index is 10.9. The first kappa shape index (κ1) is 12.0. The van der Waals surface area contributed by atoms with Gasteiger partial charge in [-0.3, -0.25) is 4.79 Å². The molecule has 0 unspecified atom stereocenters. The molecular formula is C10H19N3O2. The first-order valence-corrected chi connectivity index (χ1v) is 5.50.